The van der Waals surface area contributed by atoms with E-state index in [0.717, 1.165) is 18.2 Å². The van der Waals surface area contributed by atoms with Crippen LogP contribution >= 0.6 is 0 Å². The van der Waals surface area contributed by atoms with Crippen molar-refractivity contribution in [2.75, 3.05) is 13.7 Å². The van der Waals surface area contributed by atoms with Crippen LogP contribution < -0.4 is 4.72 Å². The number of benzene rings is 1. The van der Waals surface area contributed by atoms with E-state index in [4.69, 9.17) is 5.11 Å². The number of carbonyl (C=O) groups excluding carboxylic acids is 1. The third-order valence-corrected chi connectivity index (χ3v) is 4.41. The summed E-state index contributed by atoms with van der Waals surface area (Å²) in [5, 5.41) is 7.32. The highest BCUT2D eigenvalue weighted by Gasteiger charge is 2.28. The fourth-order valence-corrected chi connectivity index (χ4v) is 2.42. The molecule has 0 spiro atoms. The molecule has 0 amide bonds. The molecule has 0 aliphatic rings. The molecular weight excluding hydrogens is 294 g/mol. The van der Waals surface area contributed by atoms with E-state index in [2.05, 4.69) is 21.3 Å². The maximum atomic E-state index is 11.9. The molecule has 7 heteroatoms. The van der Waals surface area contributed by atoms with Crippen molar-refractivity contribution in [2.24, 2.45) is 0 Å². The molecule has 0 heterocycles. The molecule has 6 nitrogen and oxygen atoms in total. The standard InChI is InChI=1S/C14H17NO5S/c1-11(14(17)20-2)21(18,19)15-10-13-7-5-12(6-8-13)4-3-9-16/h5-8,11,15-16H,9-10H2,1-2H3. The summed E-state index contributed by atoms with van der Waals surface area (Å²) in [5.41, 5.74) is 1.45. The SMILES string of the molecule is COC(=O)C(C)S(=O)(=O)NCc1ccc(C#CCO)cc1. The summed E-state index contributed by atoms with van der Waals surface area (Å²) in [5.74, 6) is 4.44. The summed E-state index contributed by atoms with van der Waals surface area (Å²) in [4.78, 5) is 11.2. The Kier molecular flexibility index (Phi) is 6.37. The van der Waals surface area contributed by atoms with Crippen molar-refractivity contribution in [3.63, 3.8) is 0 Å². The second kappa shape index (κ2) is 7.78. The highest BCUT2D eigenvalue weighted by Crippen LogP contribution is 2.06. The number of esters is 1. The van der Waals surface area contributed by atoms with E-state index >= 15 is 0 Å². The Labute approximate surface area is 124 Å². The smallest absolute Gasteiger partial charge is 0.325 e. The van der Waals surface area contributed by atoms with Gasteiger partial charge in [0.1, 0.15) is 6.61 Å². The van der Waals surface area contributed by atoms with Crippen molar-refractivity contribution in [3.8, 4) is 11.8 Å². The number of hydrogen-bond acceptors (Lipinski definition) is 5. The minimum atomic E-state index is -3.78. The fraction of sp³-hybridized carbons (Fsp3) is 0.357. The lowest BCUT2D eigenvalue weighted by Gasteiger charge is -2.12. The first kappa shape index (κ1) is 17.2. The van der Waals surface area contributed by atoms with Gasteiger partial charge < -0.3 is 9.84 Å². The molecule has 0 saturated carbocycles. The van der Waals surface area contributed by atoms with Crippen LogP contribution in [-0.2, 0) is 26.1 Å². The Morgan fingerprint density at radius 1 is 1.38 bits per heavy atom. The molecule has 0 saturated heterocycles. The summed E-state index contributed by atoms with van der Waals surface area (Å²) in [6.45, 7) is 1.12. The highest BCUT2D eigenvalue weighted by molar-refractivity contribution is 7.90. The van der Waals surface area contributed by atoms with Gasteiger partial charge in [0.05, 0.1) is 7.11 Å². The number of sulfonamides is 1. The lowest BCUT2D eigenvalue weighted by Crippen LogP contribution is -2.37. The van der Waals surface area contributed by atoms with Gasteiger partial charge in [0.25, 0.3) is 0 Å². The summed E-state index contributed by atoms with van der Waals surface area (Å²) in [6.07, 6.45) is 0. The average Bonchev–Trinajstić information content (AvgIpc) is 2.50. The van der Waals surface area contributed by atoms with Crippen molar-refractivity contribution in [2.45, 2.75) is 18.7 Å². The Balaban J connectivity index is 2.68. The van der Waals surface area contributed by atoms with Crippen molar-refractivity contribution in [1.82, 2.24) is 4.72 Å². The van der Waals surface area contributed by atoms with Gasteiger partial charge in [0.2, 0.25) is 10.0 Å². The van der Waals surface area contributed by atoms with Gasteiger partial charge in [-0.25, -0.2) is 13.1 Å². The van der Waals surface area contributed by atoms with Crippen molar-refractivity contribution < 1.29 is 23.1 Å². The van der Waals surface area contributed by atoms with E-state index < -0.39 is 21.2 Å². The lowest BCUT2D eigenvalue weighted by molar-refractivity contribution is -0.139. The van der Waals surface area contributed by atoms with Crippen LogP contribution in [0.15, 0.2) is 24.3 Å². The van der Waals surface area contributed by atoms with Gasteiger partial charge in [0, 0.05) is 12.1 Å². The maximum Gasteiger partial charge on any atom is 0.325 e. The monoisotopic (exact) mass is 311 g/mol. The molecule has 1 unspecified atom stereocenters. The van der Waals surface area contributed by atoms with E-state index in [1.807, 2.05) is 0 Å². The van der Waals surface area contributed by atoms with Gasteiger partial charge >= 0.3 is 5.97 Å². The summed E-state index contributed by atoms with van der Waals surface area (Å²) in [7, 11) is -2.64. The molecule has 0 radical (unpaired) electrons. The van der Waals surface area contributed by atoms with Gasteiger partial charge in [-0.2, -0.15) is 0 Å². The Hall–Kier alpha value is -1.88. The number of aliphatic hydroxyl groups excluding tert-OH is 1. The van der Waals surface area contributed by atoms with Gasteiger partial charge in [-0.3, -0.25) is 4.79 Å². The van der Waals surface area contributed by atoms with Crippen LogP contribution in [0.2, 0.25) is 0 Å². The summed E-state index contributed by atoms with van der Waals surface area (Å²) < 4.78 is 30.5. The largest absolute Gasteiger partial charge is 0.468 e. The Morgan fingerprint density at radius 2 is 2.00 bits per heavy atom. The first-order valence-corrected chi connectivity index (χ1v) is 7.70. The fourth-order valence-electron chi connectivity index (χ4n) is 1.45. The molecule has 2 N–H and O–H groups in total. The van der Waals surface area contributed by atoms with Gasteiger partial charge in [-0.1, -0.05) is 24.0 Å². The zero-order valence-electron chi connectivity index (χ0n) is 11.8. The molecule has 0 fully saturated rings. The van der Waals surface area contributed by atoms with Crippen LogP contribution in [0, 0.1) is 11.8 Å². The van der Waals surface area contributed by atoms with Gasteiger partial charge in [0.15, 0.2) is 5.25 Å². The summed E-state index contributed by atoms with van der Waals surface area (Å²) in [6, 6.07) is 6.87. The van der Waals surface area contributed by atoms with Crippen LogP contribution in [0.25, 0.3) is 0 Å². The number of nitrogens with one attached hydrogen (secondary N) is 1. The Morgan fingerprint density at radius 3 is 2.52 bits per heavy atom. The molecule has 1 rings (SSSR count). The van der Waals surface area contributed by atoms with Crippen LogP contribution in [0.4, 0.5) is 0 Å². The molecule has 1 aromatic rings. The van der Waals surface area contributed by atoms with Crippen LogP contribution in [0.5, 0.6) is 0 Å². The topological polar surface area (TPSA) is 92.7 Å². The first-order chi connectivity index (χ1) is 9.90. The van der Waals surface area contributed by atoms with Crippen molar-refractivity contribution in [3.05, 3.63) is 35.4 Å². The molecule has 0 aliphatic heterocycles. The molecule has 0 aliphatic carbocycles. The van der Waals surface area contributed by atoms with E-state index in [1.54, 1.807) is 24.3 Å². The quantitative estimate of drug-likeness (QED) is 0.590. The minimum absolute atomic E-state index is 0.0668. The number of hydrogen-bond donors (Lipinski definition) is 2. The number of methoxy groups -OCH3 is 1. The van der Waals surface area contributed by atoms with E-state index in [0.29, 0.717) is 0 Å². The molecule has 1 atom stereocenters. The Bertz CT molecular complexity index is 640. The van der Waals surface area contributed by atoms with Crippen molar-refractivity contribution >= 4 is 16.0 Å². The van der Waals surface area contributed by atoms with Gasteiger partial charge in [-0.05, 0) is 24.6 Å². The molecular formula is C14H17NO5S. The van der Waals surface area contributed by atoms with Crippen LogP contribution in [-0.4, -0.2) is 38.5 Å². The molecule has 1 aromatic carbocycles. The third kappa shape index (κ3) is 5.19. The zero-order chi connectivity index (χ0) is 15.9. The van der Waals surface area contributed by atoms with Gasteiger partial charge in [-0.15, -0.1) is 0 Å². The predicted octanol–water partition coefficient (Wildman–Crippen LogP) is 0.0113. The lowest BCUT2D eigenvalue weighted by atomic mass is 10.1. The molecule has 114 valence electrons. The highest BCUT2D eigenvalue weighted by atomic mass is 32.2. The number of rotatable bonds is 5. The minimum Gasteiger partial charge on any atom is -0.468 e. The second-order valence-electron chi connectivity index (χ2n) is 4.19. The summed E-state index contributed by atoms with van der Waals surface area (Å²) >= 11 is 0. The second-order valence-corrected chi connectivity index (χ2v) is 6.27. The number of aliphatic hydroxyl groups is 1. The van der Waals surface area contributed by atoms with Crippen molar-refractivity contribution in [1.29, 1.82) is 0 Å². The first-order valence-electron chi connectivity index (χ1n) is 6.15. The normalized spacial score (nSPS) is 12.1. The number of carbonyl (C=O) groups is 1. The zero-order valence-corrected chi connectivity index (χ0v) is 12.6. The van der Waals surface area contributed by atoms with Crippen LogP contribution in [0.3, 0.4) is 0 Å². The maximum absolute atomic E-state index is 11.9. The van der Waals surface area contributed by atoms with E-state index in [-0.39, 0.29) is 13.2 Å². The molecule has 0 bridgehead atoms. The average molecular weight is 311 g/mol. The number of ether oxygens (including phenoxy) is 1. The molecule has 21 heavy (non-hydrogen) atoms. The van der Waals surface area contributed by atoms with Crippen LogP contribution in [0.1, 0.15) is 18.1 Å². The predicted molar refractivity (Wildman–Crippen MR) is 77.6 cm³/mol. The molecule has 0 aromatic heterocycles. The van der Waals surface area contributed by atoms with E-state index in [9.17, 15) is 13.2 Å². The third-order valence-electron chi connectivity index (χ3n) is 2.74. The van der Waals surface area contributed by atoms with E-state index in [1.165, 1.54) is 6.92 Å².